The second kappa shape index (κ2) is 3.68. The van der Waals surface area contributed by atoms with E-state index in [1.54, 1.807) is 12.3 Å². The molecule has 4 rings (SSSR count). The fraction of sp³-hybridized carbons (Fsp3) is 0.636. The van der Waals surface area contributed by atoms with E-state index in [1.165, 1.54) is 0 Å². The van der Waals surface area contributed by atoms with Crippen LogP contribution < -0.4 is 4.90 Å². The number of aliphatic hydroxyl groups excluding tert-OH is 2. The van der Waals surface area contributed by atoms with Gasteiger partial charge in [0.1, 0.15) is 0 Å². The van der Waals surface area contributed by atoms with Gasteiger partial charge in [-0.15, -0.1) is 0 Å². The van der Waals surface area contributed by atoms with Gasteiger partial charge in [0.2, 0.25) is 5.95 Å². The van der Waals surface area contributed by atoms with Crippen molar-refractivity contribution >= 4 is 5.95 Å². The molecule has 2 aliphatic heterocycles. The van der Waals surface area contributed by atoms with Crippen LogP contribution in [0.4, 0.5) is 5.95 Å². The number of rotatable bonds is 2. The van der Waals surface area contributed by atoms with Gasteiger partial charge in [-0.3, -0.25) is 0 Å². The largest absolute Gasteiger partial charge is 0.392 e. The summed E-state index contributed by atoms with van der Waals surface area (Å²) in [5.41, 5.74) is 0.643. The van der Waals surface area contributed by atoms with Gasteiger partial charge in [-0.05, 0) is 12.5 Å². The van der Waals surface area contributed by atoms with E-state index in [0.29, 0.717) is 23.5 Å². The lowest BCUT2D eigenvalue weighted by atomic mass is 9.68. The van der Waals surface area contributed by atoms with Crippen LogP contribution in [0.2, 0.25) is 0 Å². The first-order valence-corrected chi connectivity index (χ1v) is 5.63. The first-order valence-electron chi connectivity index (χ1n) is 5.63. The second-order valence-electron chi connectivity index (χ2n) is 4.66. The molecule has 3 aliphatic rings. The Morgan fingerprint density at radius 3 is 2.75 bits per heavy atom. The van der Waals surface area contributed by atoms with Crippen LogP contribution in [0.3, 0.4) is 0 Å². The average Bonchev–Trinajstić information content (AvgIpc) is 2.38. The van der Waals surface area contributed by atoms with Gasteiger partial charge in [0.05, 0.1) is 18.4 Å². The number of anilines is 1. The fourth-order valence-corrected chi connectivity index (χ4v) is 2.65. The van der Waals surface area contributed by atoms with Crippen LogP contribution in [-0.4, -0.2) is 39.4 Å². The normalized spacial score (nSPS) is 32.4. The molecule has 2 bridgehead atoms. The summed E-state index contributed by atoms with van der Waals surface area (Å²) in [6.07, 6.45) is 2.67. The molecule has 86 valence electrons. The number of nitrogens with zero attached hydrogens (tertiary/aromatic N) is 3. The Morgan fingerprint density at radius 1 is 1.38 bits per heavy atom. The predicted molar refractivity (Wildman–Crippen MR) is 57.8 cm³/mol. The molecule has 2 saturated heterocycles. The Morgan fingerprint density at radius 2 is 2.12 bits per heavy atom. The van der Waals surface area contributed by atoms with Crippen LogP contribution in [0.25, 0.3) is 0 Å². The van der Waals surface area contributed by atoms with Crippen LogP contribution in [0, 0.1) is 11.8 Å². The lowest BCUT2D eigenvalue weighted by Gasteiger charge is -2.51. The molecule has 1 aromatic rings. The highest BCUT2D eigenvalue weighted by Crippen LogP contribution is 2.40. The molecule has 1 aliphatic carbocycles. The van der Waals surface area contributed by atoms with E-state index >= 15 is 0 Å². The molecule has 0 unspecified atom stereocenters. The van der Waals surface area contributed by atoms with Crippen molar-refractivity contribution in [1.29, 1.82) is 0 Å². The quantitative estimate of drug-likeness (QED) is 0.723. The third kappa shape index (κ3) is 1.47. The van der Waals surface area contributed by atoms with E-state index in [0.717, 1.165) is 19.5 Å². The highest BCUT2D eigenvalue weighted by atomic mass is 16.3. The second-order valence-corrected chi connectivity index (χ2v) is 4.66. The number of hydrogen-bond donors (Lipinski definition) is 2. The van der Waals surface area contributed by atoms with Crippen molar-refractivity contribution in [2.24, 2.45) is 11.8 Å². The number of fused-ring (bicyclic) bond motifs is 2. The Hall–Kier alpha value is -1.20. The molecule has 5 heteroatoms. The Kier molecular flexibility index (Phi) is 2.29. The molecule has 3 fully saturated rings. The van der Waals surface area contributed by atoms with E-state index in [2.05, 4.69) is 14.9 Å². The number of hydrogen-bond acceptors (Lipinski definition) is 5. The molecule has 3 heterocycles. The standard InChI is InChI=1S/C11H15N3O2/c15-6-9-1-2-12-11(13-9)14-4-7-3-8(5-14)10(7)16/h1-2,7-8,10,15-16H,3-6H2/t7-,8+,10-. The summed E-state index contributed by atoms with van der Waals surface area (Å²) in [6, 6.07) is 1.71. The van der Waals surface area contributed by atoms with E-state index in [4.69, 9.17) is 5.11 Å². The number of piperidine rings is 2. The van der Waals surface area contributed by atoms with Crippen molar-refractivity contribution in [2.75, 3.05) is 18.0 Å². The van der Waals surface area contributed by atoms with Gasteiger partial charge in [0, 0.05) is 31.1 Å². The lowest BCUT2D eigenvalue weighted by Crippen LogP contribution is -2.58. The van der Waals surface area contributed by atoms with Crippen LogP contribution in [0.15, 0.2) is 12.3 Å². The summed E-state index contributed by atoms with van der Waals surface area (Å²) in [4.78, 5) is 10.6. The minimum absolute atomic E-state index is 0.0567. The molecule has 1 aromatic heterocycles. The minimum atomic E-state index is -0.128. The maximum absolute atomic E-state index is 9.69. The van der Waals surface area contributed by atoms with Gasteiger partial charge in [-0.2, -0.15) is 0 Å². The topological polar surface area (TPSA) is 69.5 Å². The molecule has 16 heavy (non-hydrogen) atoms. The molecule has 0 amide bonds. The first-order chi connectivity index (χ1) is 7.78. The van der Waals surface area contributed by atoms with Crippen molar-refractivity contribution in [3.63, 3.8) is 0 Å². The molecule has 0 spiro atoms. The summed E-state index contributed by atoms with van der Waals surface area (Å²) in [5.74, 6) is 1.42. The number of aliphatic hydroxyl groups is 2. The summed E-state index contributed by atoms with van der Waals surface area (Å²) in [6.45, 7) is 1.60. The molecule has 1 saturated carbocycles. The maximum atomic E-state index is 9.69. The first kappa shape index (κ1) is 9.99. The van der Waals surface area contributed by atoms with Crippen LogP contribution >= 0.6 is 0 Å². The van der Waals surface area contributed by atoms with E-state index in [9.17, 15) is 5.11 Å². The zero-order valence-electron chi connectivity index (χ0n) is 8.95. The monoisotopic (exact) mass is 221 g/mol. The van der Waals surface area contributed by atoms with E-state index < -0.39 is 0 Å². The maximum Gasteiger partial charge on any atom is 0.225 e. The van der Waals surface area contributed by atoms with Gasteiger partial charge in [0.15, 0.2) is 0 Å². The molecular formula is C11H15N3O2. The molecule has 2 N–H and O–H groups in total. The van der Waals surface area contributed by atoms with Crippen molar-refractivity contribution in [3.8, 4) is 0 Å². The lowest BCUT2D eigenvalue weighted by molar-refractivity contribution is -0.0535. The van der Waals surface area contributed by atoms with Gasteiger partial charge in [-0.1, -0.05) is 0 Å². The highest BCUT2D eigenvalue weighted by molar-refractivity contribution is 5.33. The molecule has 5 nitrogen and oxygen atoms in total. The average molecular weight is 221 g/mol. The zero-order valence-corrected chi connectivity index (χ0v) is 8.95. The Balaban J connectivity index is 1.78. The highest BCUT2D eigenvalue weighted by Gasteiger charge is 2.46. The van der Waals surface area contributed by atoms with Gasteiger partial charge < -0.3 is 15.1 Å². The fourth-order valence-electron chi connectivity index (χ4n) is 2.65. The minimum Gasteiger partial charge on any atom is -0.392 e. The SMILES string of the molecule is OCc1ccnc(N2C[C@H]3C[C@@H](C2)[C@@H]3O)n1. The Labute approximate surface area is 93.8 Å². The summed E-state index contributed by atoms with van der Waals surface area (Å²) < 4.78 is 0. The summed E-state index contributed by atoms with van der Waals surface area (Å²) in [5, 5.41) is 18.7. The number of aromatic nitrogens is 2. The smallest absolute Gasteiger partial charge is 0.225 e. The molecule has 0 aromatic carbocycles. The van der Waals surface area contributed by atoms with Crippen LogP contribution in [-0.2, 0) is 6.61 Å². The summed E-state index contributed by atoms with van der Waals surface area (Å²) >= 11 is 0. The third-order valence-corrected chi connectivity index (χ3v) is 3.63. The van der Waals surface area contributed by atoms with E-state index in [1.807, 2.05) is 0 Å². The van der Waals surface area contributed by atoms with Gasteiger partial charge in [-0.25, -0.2) is 9.97 Å². The van der Waals surface area contributed by atoms with E-state index in [-0.39, 0.29) is 12.7 Å². The molecule has 0 radical (unpaired) electrons. The zero-order chi connectivity index (χ0) is 11.1. The van der Waals surface area contributed by atoms with Crippen molar-refractivity contribution in [3.05, 3.63) is 18.0 Å². The van der Waals surface area contributed by atoms with Gasteiger partial charge in [0.25, 0.3) is 0 Å². The van der Waals surface area contributed by atoms with Crippen molar-refractivity contribution in [1.82, 2.24) is 9.97 Å². The van der Waals surface area contributed by atoms with Crippen LogP contribution in [0.5, 0.6) is 0 Å². The molecule has 3 atom stereocenters. The summed E-state index contributed by atoms with van der Waals surface area (Å²) in [7, 11) is 0. The predicted octanol–water partition coefficient (Wildman–Crippen LogP) is -0.214. The van der Waals surface area contributed by atoms with Crippen molar-refractivity contribution in [2.45, 2.75) is 19.1 Å². The van der Waals surface area contributed by atoms with Crippen LogP contribution in [0.1, 0.15) is 12.1 Å². The molecular weight excluding hydrogens is 206 g/mol. The Bertz CT molecular complexity index is 387. The van der Waals surface area contributed by atoms with Gasteiger partial charge >= 0.3 is 0 Å². The third-order valence-electron chi connectivity index (χ3n) is 3.63. The van der Waals surface area contributed by atoms with Crippen molar-refractivity contribution < 1.29 is 10.2 Å².